The Bertz CT molecular complexity index is 638. The van der Waals surface area contributed by atoms with Crippen LogP contribution in [0, 0.1) is 0 Å². The zero-order chi connectivity index (χ0) is 13.9. The SMILES string of the molecule is COCC(CO)NS(=O)(=O)c1cccc2c1N=S=N2. The van der Waals surface area contributed by atoms with Crippen molar-refractivity contribution >= 4 is 32.8 Å². The fraction of sp³-hybridized carbons (Fsp3) is 0.400. The van der Waals surface area contributed by atoms with Gasteiger partial charge in [0.15, 0.2) is 0 Å². The van der Waals surface area contributed by atoms with Gasteiger partial charge in [0.25, 0.3) is 0 Å². The van der Waals surface area contributed by atoms with Crippen LogP contribution >= 0.6 is 0 Å². The number of aliphatic hydroxyl groups excluding tert-OH is 1. The zero-order valence-electron chi connectivity index (χ0n) is 10.1. The summed E-state index contributed by atoms with van der Waals surface area (Å²) >= 11 is 0.952. The molecule has 7 nitrogen and oxygen atoms in total. The molecule has 1 atom stereocenters. The number of rotatable bonds is 6. The predicted molar refractivity (Wildman–Crippen MR) is 71.1 cm³/mol. The third-order valence-corrected chi connectivity index (χ3v) is 4.54. The van der Waals surface area contributed by atoms with Gasteiger partial charge in [0, 0.05) is 7.11 Å². The molecule has 9 heteroatoms. The summed E-state index contributed by atoms with van der Waals surface area (Å²) < 4.78 is 39.7. The summed E-state index contributed by atoms with van der Waals surface area (Å²) in [5.74, 6) is 0. The van der Waals surface area contributed by atoms with E-state index in [4.69, 9.17) is 9.84 Å². The molecule has 0 fully saturated rings. The molecule has 1 aromatic carbocycles. The van der Waals surface area contributed by atoms with Crippen LogP contribution in [-0.2, 0) is 26.1 Å². The van der Waals surface area contributed by atoms with E-state index in [1.54, 1.807) is 12.1 Å². The van der Waals surface area contributed by atoms with Crippen LogP contribution in [0.3, 0.4) is 0 Å². The van der Waals surface area contributed by atoms with Gasteiger partial charge in [-0.25, -0.2) is 13.1 Å². The van der Waals surface area contributed by atoms with Gasteiger partial charge < -0.3 is 9.84 Å². The molecule has 0 saturated carbocycles. The van der Waals surface area contributed by atoms with Gasteiger partial charge in [-0.2, -0.15) is 8.73 Å². The van der Waals surface area contributed by atoms with Gasteiger partial charge in [0.2, 0.25) is 10.0 Å². The molecule has 0 amide bonds. The minimum Gasteiger partial charge on any atom is -0.395 e. The molecule has 1 heterocycles. The molecule has 1 aliphatic rings. The monoisotopic (exact) mass is 303 g/mol. The molecule has 0 bridgehead atoms. The summed E-state index contributed by atoms with van der Waals surface area (Å²) in [5.41, 5.74) is 0.856. The van der Waals surface area contributed by atoms with E-state index in [1.807, 2.05) is 0 Å². The van der Waals surface area contributed by atoms with Crippen LogP contribution in [-0.4, -0.2) is 39.9 Å². The Balaban J connectivity index is 2.31. The Kier molecular flexibility index (Phi) is 4.42. The number of hydrogen-bond acceptors (Lipinski definition) is 6. The van der Waals surface area contributed by atoms with Crippen molar-refractivity contribution in [1.29, 1.82) is 0 Å². The summed E-state index contributed by atoms with van der Waals surface area (Å²) in [6, 6.07) is 4.05. The predicted octanol–water partition coefficient (Wildman–Crippen LogP) is 0.699. The van der Waals surface area contributed by atoms with E-state index >= 15 is 0 Å². The molecule has 0 aromatic heterocycles. The van der Waals surface area contributed by atoms with E-state index in [0.29, 0.717) is 11.4 Å². The van der Waals surface area contributed by atoms with E-state index in [9.17, 15) is 8.42 Å². The van der Waals surface area contributed by atoms with Crippen LogP contribution in [0.1, 0.15) is 0 Å². The topological polar surface area (TPSA) is 100 Å². The normalized spacial score (nSPS) is 15.1. The molecule has 19 heavy (non-hydrogen) atoms. The van der Waals surface area contributed by atoms with E-state index < -0.39 is 16.1 Å². The van der Waals surface area contributed by atoms with Gasteiger partial charge in [-0.1, -0.05) is 6.07 Å². The maximum atomic E-state index is 12.2. The van der Waals surface area contributed by atoms with E-state index in [0.717, 1.165) is 11.4 Å². The summed E-state index contributed by atoms with van der Waals surface area (Å²) in [6.07, 6.45) is 0. The van der Waals surface area contributed by atoms with Crippen molar-refractivity contribution in [3.05, 3.63) is 18.2 Å². The number of methoxy groups -OCH3 is 1. The molecule has 2 N–H and O–H groups in total. The third-order valence-electron chi connectivity index (χ3n) is 2.45. The lowest BCUT2D eigenvalue weighted by atomic mass is 10.3. The number of ether oxygens (including phenoxy) is 1. The second kappa shape index (κ2) is 5.88. The lowest BCUT2D eigenvalue weighted by Gasteiger charge is -2.16. The van der Waals surface area contributed by atoms with Crippen molar-refractivity contribution in [3.8, 4) is 0 Å². The Morgan fingerprint density at radius 3 is 2.95 bits per heavy atom. The van der Waals surface area contributed by atoms with E-state index in [2.05, 4.69) is 13.4 Å². The number of sulfonamides is 1. The lowest BCUT2D eigenvalue weighted by molar-refractivity contribution is 0.139. The van der Waals surface area contributed by atoms with Crippen molar-refractivity contribution in [1.82, 2.24) is 4.72 Å². The van der Waals surface area contributed by atoms with Crippen LogP contribution in [0.25, 0.3) is 0 Å². The molecule has 0 saturated heterocycles. The van der Waals surface area contributed by atoms with Crippen LogP contribution in [0.15, 0.2) is 31.8 Å². The molecule has 0 aliphatic carbocycles. The number of aliphatic hydroxyl groups is 1. The molecule has 2 rings (SSSR count). The number of fused-ring (bicyclic) bond motifs is 1. The van der Waals surface area contributed by atoms with Gasteiger partial charge in [0.1, 0.15) is 16.3 Å². The number of hydrogen-bond donors (Lipinski definition) is 2. The van der Waals surface area contributed by atoms with Gasteiger partial charge >= 0.3 is 0 Å². The van der Waals surface area contributed by atoms with Crippen LogP contribution in [0.4, 0.5) is 11.4 Å². The number of nitrogens with one attached hydrogen (secondary N) is 1. The number of benzene rings is 1. The first kappa shape index (κ1) is 14.3. The fourth-order valence-corrected chi connectivity index (χ4v) is 3.58. The fourth-order valence-electron chi connectivity index (χ4n) is 1.61. The highest BCUT2D eigenvalue weighted by atomic mass is 32.2. The van der Waals surface area contributed by atoms with Crippen molar-refractivity contribution in [2.45, 2.75) is 10.9 Å². The average Bonchev–Trinajstić information content (AvgIpc) is 2.85. The highest BCUT2D eigenvalue weighted by Gasteiger charge is 2.25. The maximum absolute atomic E-state index is 12.2. The molecule has 1 unspecified atom stereocenters. The second-order valence-corrected chi connectivity index (χ2v) is 6.06. The lowest BCUT2D eigenvalue weighted by Crippen LogP contribution is -2.40. The summed E-state index contributed by atoms with van der Waals surface area (Å²) in [6.45, 7) is -0.265. The third kappa shape index (κ3) is 3.07. The summed E-state index contributed by atoms with van der Waals surface area (Å²) in [7, 11) is -2.34. The molecular formula is C10H13N3O4S2. The summed E-state index contributed by atoms with van der Waals surface area (Å²) in [5, 5.41) is 9.11. The summed E-state index contributed by atoms with van der Waals surface area (Å²) in [4.78, 5) is 0.0494. The quantitative estimate of drug-likeness (QED) is 0.820. The average molecular weight is 303 g/mol. The number of nitrogens with zero attached hydrogens (tertiary/aromatic N) is 2. The molecule has 0 radical (unpaired) electrons. The minimum absolute atomic E-state index is 0.0494. The Morgan fingerprint density at radius 2 is 2.26 bits per heavy atom. The van der Waals surface area contributed by atoms with Gasteiger partial charge in [-0.3, -0.25) is 0 Å². The first-order chi connectivity index (χ1) is 9.08. The van der Waals surface area contributed by atoms with Gasteiger partial charge in [-0.15, -0.1) is 0 Å². The van der Waals surface area contributed by atoms with Crippen LogP contribution in [0.2, 0.25) is 0 Å². The zero-order valence-corrected chi connectivity index (χ0v) is 11.7. The molecule has 0 spiro atoms. The van der Waals surface area contributed by atoms with Crippen LogP contribution < -0.4 is 4.72 Å². The van der Waals surface area contributed by atoms with Crippen molar-refractivity contribution < 1.29 is 18.3 Å². The Labute approximate surface area is 114 Å². The molecular weight excluding hydrogens is 290 g/mol. The van der Waals surface area contributed by atoms with Crippen molar-refractivity contribution in [2.24, 2.45) is 8.73 Å². The highest BCUT2D eigenvalue weighted by molar-refractivity contribution is 7.89. The first-order valence-electron chi connectivity index (χ1n) is 5.42. The minimum atomic E-state index is -3.78. The first-order valence-corrected chi connectivity index (χ1v) is 7.63. The van der Waals surface area contributed by atoms with Gasteiger partial charge in [-0.05, 0) is 12.1 Å². The van der Waals surface area contributed by atoms with Crippen molar-refractivity contribution in [3.63, 3.8) is 0 Å². The Morgan fingerprint density at radius 1 is 1.47 bits per heavy atom. The van der Waals surface area contributed by atoms with Gasteiger partial charge in [0.05, 0.1) is 30.6 Å². The highest BCUT2D eigenvalue weighted by Crippen LogP contribution is 2.37. The second-order valence-electron chi connectivity index (χ2n) is 3.84. The van der Waals surface area contributed by atoms with E-state index in [-0.39, 0.29) is 18.1 Å². The standard InChI is InChI=1S/C10H13N3O4S2/c1-17-6-7(5-14)13-19(15,16)9-4-2-3-8-10(9)12-18-11-8/h2-4,7,13-14H,5-6H2,1H3. The smallest absolute Gasteiger partial charge is 0.243 e. The Hall–Kier alpha value is -1.13. The maximum Gasteiger partial charge on any atom is 0.243 e. The molecule has 1 aromatic rings. The van der Waals surface area contributed by atoms with Crippen molar-refractivity contribution in [2.75, 3.05) is 20.3 Å². The van der Waals surface area contributed by atoms with E-state index in [1.165, 1.54) is 13.2 Å². The van der Waals surface area contributed by atoms with Crippen LogP contribution in [0.5, 0.6) is 0 Å². The largest absolute Gasteiger partial charge is 0.395 e. The molecule has 1 aliphatic heterocycles. The molecule has 104 valence electrons.